The Labute approximate surface area is 203 Å². The third-order valence-corrected chi connectivity index (χ3v) is 6.99. The van der Waals surface area contributed by atoms with Crippen molar-refractivity contribution >= 4 is 46.8 Å². The predicted molar refractivity (Wildman–Crippen MR) is 134 cm³/mol. The van der Waals surface area contributed by atoms with Crippen molar-refractivity contribution in [1.29, 1.82) is 0 Å². The van der Waals surface area contributed by atoms with Gasteiger partial charge < -0.3 is 10.6 Å². The van der Waals surface area contributed by atoms with Gasteiger partial charge in [0.2, 0.25) is 5.91 Å². The largest absolute Gasteiger partial charge is 0.376 e. The van der Waals surface area contributed by atoms with Gasteiger partial charge in [0.1, 0.15) is 6.17 Å². The van der Waals surface area contributed by atoms with E-state index < -0.39 is 17.6 Å². The normalized spacial score (nSPS) is 23.7. The van der Waals surface area contributed by atoms with Gasteiger partial charge in [0.05, 0.1) is 27.9 Å². The maximum Gasteiger partial charge on any atom is 0.226 e. The number of nitrogens with one attached hydrogen (secondary N) is 2. The van der Waals surface area contributed by atoms with Crippen molar-refractivity contribution in [3.63, 3.8) is 0 Å². The van der Waals surface area contributed by atoms with Gasteiger partial charge in [-0.1, -0.05) is 79.5 Å². The van der Waals surface area contributed by atoms with Gasteiger partial charge in [-0.2, -0.15) is 0 Å². The number of halogens is 2. The minimum absolute atomic E-state index is 0.0178. The first-order chi connectivity index (χ1) is 15.8. The topological polar surface area (TPSA) is 70.6 Å². The number of nitrogens with zero attached hydrogens (tertiary/aromatic N) is 1. The van der Waals surface area contributed by atoms with E-state index in [0.717, 1.165) is 16.8 Å². The fraction of sp³-hybridized carbons (Fsp3) is 0.269. The Morgan fingerprint density at radius 3 is 2.67 bits per heavy atom. The summed E-state index contributed by atoms with van der Waals surface area (Å²) in [4.78, 5) is 31.1. The quantitative estimate of drug-likeness (QED) is 0.613. The highest BCUT2D eigenvalue weighted by molar-refractivity contribution is 6.42. The summed E-state index contributed by atoms with van der Waals surface area (Å²) >= 11 is 12.1. The summed E-state index contributed by atoms with van der Waals surface area (Å²) in [6.45, 7) is 4.02. The lowest BCUT2D eigenvalue weighted by Gasteiger charge is -2.43. The van der Waals surface area contributed by atoms with E-state index in [1.165, 1.54) is 0 Å². The molecule has 0 radical (unpaired) electrons. The maximum absolute atomic E-state index is 13.3. The van der Waals surface area contributed by atoms with Crippen LogP contribution in [0.5, 0.6) is 0 Å². The van der Waals surface area contributed by atoms with Crippen LogP contribution in [0.3, 0.4) is 0 Å². The number of hydrogen-bond acceptors (Lipinski definition) is 4. The molecular weight excluding hydrogens is 457 g/mol. The van der Waals surface area contributed by atoms with E-state index in [1.807, 2.05) is 50.3 Å². The molecule has 7 heteroatoms. The van der Waals surface area contributed by atoms with Crippen LogP contribution in [0.15, 0.2) is 71.8 Å². The zero-order chi connectivity index (χ0) is 23.6. The Kier molecular flexibility index (Phi) is 6.73. The number of anilines is 1. The Morgan fingerprint density at radius 2 is 1.94 bits per heavy atom. The smallest absolute Gasteiger partial charge is 0.226 e. The van der Waals surface area contributed by atoms with E-state index >= 15 is 0 Å². The summed E-state index contributed by atoms with van der Waals surface area (Å²) in [7, 11) is 0. The van der Waals surface area contributed by atoms with Crippen molar-refractivity contribution < 1.29 is 9.59 Å². The average molecular weight is 482 g/mol. The first kappa shape index (κ1) is 23.3. The van der Waals surface area contributed by atoms with Gasteiger partial charge in [0.25, 0.3) is 0 Å². The first-order valence-electron chi connectivity index (χ1n) is 10.8. The molecule has 2 unspecified atom stereocenters. The number of aliphatic imine (C=N–C) groups is 1. The Balaban J connectivity index is 1.68. The van der Waals surface area contributed by atoms with Crippen LogP contribution < -0.4 is 10.6 Å². The van der Waals surface area contributed by atoms with E-state index in [0.29, 0.717) is 10.0 Å². The van der Waals surface area contributed by atoms with Crippen LogP contribution in [0, 0.1) is 11.3 Å². The molecule has 2 aromatic carbocycles. The van der Waals surface area contributed by atoms with Gasteiger partial charge in [0.15, 0.2) is 5.78 Å². The summed E-state index contributed by atoms with van der Waals surface area (Å²) in [5, 5.41) is 7.40. The Morgan fingerprint density at radius 1 is 1.15 bits per heavy atom. The minimum atomic E-state index is -0.884. The van der Waals surface area contributed by atoms with Crippen LogP contribution >= 0.6 is 23.2 Å². The molecule has 0 bridgehead atoms. The number of benzene rings is 2. The average Bonchev–Trinajstić information content (AvgIpc) is 2.96. The standard InChI is InChI=1S/C26H25Cl2N3O2/c1-16(2)26(12-6-5-9-22(26)32)24-25(29-15-18-7-3-4-8-21(18)30-24)31-23(33)14-17-10-11-19(27)20(28)13-17/h3-13,15-16,24-25,30H,14H2,1-2H3,(H,31,33)/t24?,25-,26?/m0/s1. The molecule has 1 amide bonds. The van der Waals surface area contributed by atoms with Gasteiger partial charge in [-0.05, 0) is 35.8 Å². The molecule has 1 heterocycles. The van der Waals surface area contributed by atoms with E-state index in [4.69, 9.17) is 28.2 Å². The highest BCUT2D eigenvalue weighted by atomic mass is 35.5. The minimum Gasteiger partial charge on any atom is -0.376 e. The lowest BCUT2D eigenvalue weighted by molar-refractivity contribution is -0.126. The number of allylic oxidation sites excluding steroid dienone is 3. The lowest BCUT2D eigenvalue weighted by Crippen LogP contribution is -2.58. The number of rotatable bonds is 5. The molecule has 0 spiro atoms. The summed E-state index contributed by atoms with van der Waals surface area (Å²) in [6, 6.07) is 12.4. The summed E-state index contributed by atoms with van der Waals surface area (Å²) in [6.07, 6.45) is 8.34. The molecule has 170 valence electrons. The van der Waals surface area contributed by atoms with Gasteiger partial charge in [-0.3, -0.25) is 14.6 Å². The second-order valence-corrected chi connectivity index (χ2v) is 9.41. The molecule has 0 aromatic heterocycles. The second-order valence-electron chi connectivity index (χ2n) is 8.60. The molecule has 33 heavy (non-hydrogen) atoms. The number of para-hydroxylation sites is 1. The van der Waals surface area contributed by atoms with Crippen LogP contribution in [0.25, 0.3) is 0 Å². The number of amides is 1. The number of ketones is 1. The maximum atomic E-state index is 13.3. The van der Waals surface area contributed by atoms with Crippen LogP contribution in [0.4, 0.5) is 5.69 Å². The van der Waals surface area contributed by atoms with Gasteiger partial charge in [-0.25, -0.2) is 0 Å². The van der Waals surface area contributed by atoms with E-state index in [1.54, 1.807) is 36.6 Å². The lowest BCUT2D eigenvalue weighted by atomic mass is 9.65. The third-order valence-electron chi connectivity index (χ3n) is 6.25. The molecule has 1 aliphatic heterocycles. The Bertz CT molecular complexity index is 1170. The van der Waals surface area contributed by atoms with Crippen molar-refractivity contribution in [2.75, 3.05) is 5.32 Å². The van der Waals surface area contributed by atoms with Crippen molar-refractivity contribution in [3.05, 3.63) is 87.9 Å². The zero-order valence-electron chi connectivity index (χ0n) is 18.4. The zero-order valence-corrected chi connectivity index (χ0v) is 19.9. The molecule has 0 saturated carbocycles. The molecule has 0 saturated heterocycles. The Hall–Kier alpha value is -2.89. The van der Waals surface area contributed by atoms with Crippen LogP contribution in [0.2, 0.25) is 10.0 Å². The monoisotopic (exact) mass is 481 g/mol. The van der Waals surface area contributed by atoms with Crippen LogP contribution in [-0.4, -0.2) is 30.1 Å². The molecule has 3 atom stereocenters. The summed E-state index contributed by atoms with van der Waals surface area (Å²) in [5.74, 6) is -0.288. The number of benzodiazepines with no additional fused rings is 1. The molecule has 2 aliphatic rings. The number of carbonyl (C=O) groups excluding carboxylic acids is 2. The van der Waals surface area contributed by atoms with Crippen molar-refractivity contribution in [1.82, 2.24) is 5.32 Å². The van der Waals surface area contributed by atoms with Crippen LogP contribution in [-0.2, 0) is 16.0 Å². The number of carbonyl (C=O) groups is 2. The fourth-order valence-corrected chi connectivity index (χ4v) is 4.78. The van der Waals surface area contributed by atoms with Crippen molar-refractivity contribution in [3.8, 4) is 0 Å². The van der Waals surface area contributed by atoms with Gasteiger partial charge in [0, 0.05) is 17.5 Å². The molecule has 4 rings (SSSR count). The number of fused-ring (bicyclic) bond motifs is 1. The second kappa shape index (κ2) is 9.54. The van der Waals surface area contributed by atoms with E-state index in [2.05, 4.69) is 10.6 Å². The fourth-order valence-electron chi connectivity index (χ4n) is 4.46. The molecule has 0 fully saturated rings. The highest BCUT2D eigenvalue weighted by Crippen LogP contribution is 2.41. The van der Waals surface area contributed by atoms with E-state index in [9.17, 15) is 9.59 Å². The molecule has 5 nitrogen and oxygen atoms in total. The van der Waals surface area contributed by atoms with Crippen molar-refractivity contribution in [2.24, 2.45) is 16.3 Å². The predicted octanol–water partition coefficient (Wildman–Crippen LogP) is 5.23. The van der Waals surface area contributed by atoms with Gasteiger partial charge in [-0.15, -0.1) is 0 Å². The summed E-state index contributed by atoms with van der Waals surface area (Å²) < 4.78 is 0. The molecular formula is C26H25Cl2N3O2. The summed E-state index contributed by atoms with van der Waals surface area (Å²) in [5.41, 5.74) is 1.61. The highest BCUT2D eigenvalue weighted by Gasteiger charge is 2.50. The third kappa shape index (κ3) is 4.61. The number of hydrogen-bond donors (Lipinski definition) is 2. The SMILES string of the molecule is CC(C)C1(C2Nc3ccccc3C=N[C@H]2NC(=O)Cc2ccc(Cl)c(Cl)c2)C=CC=CC1=O. The first-order valence-corrected chi connectivity index (χ1v) is 11.6. The van der Waals surface area contributed by atoms with Crippen molar-refractivity contribution in [2.45, 2.75) is 32.5 Å². The van der Waals surface area contributed by atoms with Gasteiger partial charge >= 0.3 is 0 Å². The van der Waals surface area contributed by atoms with Crippen LogP contribution in [0.1, 0.15) is 25.0 Å². The van der Waals surface area contributed by atoms with E-state index in [-0.39, 0.29) is 24.0 Å². The molecule has 1 aliphatic carbocycles. The molecule has 2 N–H and O–H groups in total. The molecule has 2 aromatic rings.